The Morgan fingerprint density at radius 1 is 0.467 bits per heavy atom. The maximum absolute atomic E-state index is 2.89. The molecule has 0 spiro atoms. The molecule has 15 heavy (non-hydrogen) atoms. The number of hydrogen-bond acceptors (Lipinski definition) is 0. The van der Waals surface area contributed by atoms with Gasteiger partial charge in [0.1, 0.15) is 0 Å². The van der Waals surface area contributed by atoms with Crippen LogP contribution in [0.1, 0.15) is 0 Å². The summed E-state index contributed by atoms with van der Waals surface area (Å²) in [6.45, 7) is 0. The second kappa shape index (κ2) is 16.6. The largest absolute Gasteiger partial charge is 1.00 e. The molecule has 2 aromatic rings. The molecule has 0 aliphatic carbocycles. The van der Waals surface area contributed by atoms with E-state index >= 15 is 0 Å². The van der Waals surface area contributed by atoms with Crippen molar-refractivity contribution < 1.29 is 56.3 Å². The third-order valence-corrected chi connectivity index (χ3v) is 1.21. The summed E-state index contributed by atoms with van der Waals surface area (Å²) in [7, 11) is 0. The molecule has 0 N–H and O–H groups in total. The molecule has 2 aromatic carbocycles. The normalized spacial score (nSPS) is 6.40. The molecule has 0 aromatic heterocycles. The predicted molar refractivity (Wildman–Crippen MR) is 50.6 cm³/mol. The minimum Gasteiger partial charge on any atom is -0.184 e. The van der Waals surface area contributed by atoms with Crippen LogP contribution in [0.2, 0.25) is 0 Å². The second-order valence-corrected chi connectivity index (χ2v) is 2.15. The Hall–Kier alpha value is 0.219. The third kappa shape index (κ3) is 14.2. The topological polar surface area (TPSA) is 0 Å². The van der Waals surface area contributed by atoms with Crippen LogP contribution in [0.25, 0.3) is 0 Å². The van der Waals surface area contributed by atoms with E-state index < -0.39 is 0 Å². The van der Waals surface area contributed by atoms with Crippen LogP contribution in [0.4, 0.5) is 0 Å². The van der Waals surface area contributed by atoms with Gasteiger partial charge in [-0.3, -0.25) is 0 Å². The molecule has 0 fully saturated rings. The Labute approximate surface area is 128 Å². The van der Waals surface area contributed by atoms with E-state index in [2.05, 4.69) is 12.1 Å². The molecule has 0 unspecified atom stereocenters. The Balaban J connectivity index is -0.000000160. The summed E-state index contributed by atoms with van der Waals surface area (Å²) in [5, 5.41) is 0. The fourth-order valence-electron chi connectivity index (χ4n) is 0.684. The molecule has 0 nitrogen and oxygen atoms in total. The van der Waals surface area contributed by atoms with Gasteiger partial charge >= 0.3 is 37.7 Å². The summed E-state index contributed by atoms with van der Waals surface area (Å²) in [5.74, 6) is 0. The molecule has 65 valence electrons. The predicted octanol–water partition coefficient (Wildman–Crippen LogP) is -3.02. The summed E-state index contributed by atoms with van der Waals surface area (Å²) in [6.07, 6.45) is 0. The van der Waals surface area contributed by atoms with Crippen LogP contribution in [0, 0.1) is 12.1 Å². The average Bonchev–Trinajstić information content (AvgIpc) is 2.24. The SMILES string of the molecule is [Li+].[Li+].[V].[c-]1ccccc1.[c-]1ccccc1. The maximum atomic E-state index is 2.89. The van der Waals surface area contributed by atoms with Crippen molar-refractivity contribution >= 4 is 0 Å². The van der Waals surface area contributed by atoms with Gasteiger partial charge in [-0.2, -0.15) is 72.8 Å². The molecule has 0 amide bonds. The van der Waals surface area contributed by atoms with Gasteiger partial charge in [0.05, 0.1) is 0 Å². The molecule has 0 saturated heterocycles. The van der Waals surface area contributed by atoms with Gasteiger partial charge in [-0.25, -0.2) is 0 Å². The summed E-state index contributed by atoms with van der Waals surface area (Å²) < 4.78 is 0. The average molecular weight is 219 g/mol. The fourth-order valence-corrected chi connectivity index (χ4v) is 0.684. The van der Waals surface area contributed by atoms with Crippen LogP contribution in [0.5, 0.6) is 0 Å². The van der Waals surface area contributed by atoms with Crippen LogP contribution in [-0.2, 0) is 18.6 Å². The standard InChI is InChI=1S/2C6H5.2Li.V/c2*1-2-4-6-5-3-1;;;/h2*1-5H;;;/q2*-1;2*+1;. The van der Waals surface area contributed by atoms with E-state index in [4.69, 9.17) is 0 Å². The second-order valence-electron chi connectivity index (χ2n) is 2.15. The van der Waals surface area contributed by atoms with Gasteiger partial charge < -0.3 is 0 Å². The number of benzene rings is 2. The quantitative estimate of drug-likeness (QED) is 0.327. The Bertz CT molecular complexity index is 189. The first kappa shape index (κ1) is 20.6. The molecule has 0 aliphatic rings. The van der Waals surface area contributed by atoms with E-state index in [1.54, 1.807) is 0 Å². The van der Waals surface area contributed by atoms with E-state index in [0.717, 1.165) is 0 Å². The third-order valence-electron chi connectivity index (χ3n) is 1.21. The van der Waals surface area contributed by atoms with Crippen molar-refractivity contribution in [3.05, 3.63) is 72.8 Å². The van der Waals surface area contributed by atoms with Crippen molar-refractivity contribution in [2.24, 2.45) is 0 Å². The summed E-state index contributed by atoms with van der Waals surface area (Å²) in [4.78, 5) is 0. The fraction of sp³-hybridized carbons (Fsp3) is 0. The van der Waals surface area contributed by atoms with Crippen molar-refractivity contribution in [3.8, 4) is 0 Å². The molecule has 3 heteroatoms. The number of rotatable bonds is 0. The van der Waals surface area contributed by atoms with Gasteiger partial charge in [0.25, 0.3) is 0 Å². The van der Waals surface area contributed by atoms with Crippen LogP contribution >= 0.6 is 0 Å². The van der Waals surface area contributed by atoms with Crippen molar-refractivity contribution in [2.45, 2.75) is 0 Å². The first-order valence-corrected chi connectivity index (χ1v) is 3.82. The monoisotopic (exact) mass is 219 g/mol. The van der Waals surface area contributed by atoms with Crippen LogP contribution in [0.15, 0.2) is 60.7 Å². The van der Waals surface area contributed by atoms with Gasteiger partial charge in [0.15, 0.2) is 0 Å². The molecule has 0 saturated carbocycles. The van der Waals surface area contributed by atoms with Gasteiger partial charge in [-0.05, 0) is 0 Å². The van der Waals surface area contributed by atoms with E-state index in [9.17, 15) is 0 Å². The molecule has 2 rings (SSSR count). The van der Waals surface area contributed by atoms with Crippen molar-refractivity contribution in [3.63, 3.8) is 0 Å². The number of hydrogen-bond donors (Lipinski definition) is 0. The van der Waals surface area contributed by atoms with Crippen molar-refractivity contribution in [2.75, 3.05) is 0 Å². The zero-order chi connectivity index (χ0) is 8.49. The van der Waals surface area contributed by atoms with Gasteiger partial charge in [-0.15, -0.1) is 0 Å². The van der Waals surface area contributed by atoms with Gasteiger partial charge in [0, 0.05) is 18.6 Å². The minimum absolute atomic E-state index is 0. The molecular formula is C12H10Li2V. The summed E-state index contributed by atoms with van der Waals surface area (Å²) in [6, 6.07) is 25.0. The van der Waals surface area contributed by atoms with E-state index in [-0.39, 0.29) is 56.3 Å². The Kier molecular flexibility index (Phi) is 22.9. The molecule has 0 atom stereocenters. The van der Waals surface area contributed by atoms with E-state index in [1.807, 2.05) is 60.7 Å². The molecule has 1 radical (unpaired) electrons. The Morgan fingerprint density at radius 2 is 0.733 bits per heavy atom. The molecule has 0 bridgehead atoms. The van der Waals surface area contributed by atoms with Crippen LogP contribution in [-0.4, -0.2) is 0 Å². The molecule has 0 aliphatic heterocycles. The molecular weight excluding hydrogens is 209 g/mol. The van der Waals surface area contributed by atoms with Crippen LogP contribution < -0.4 is 37.7 Å². The van der Waals surface area contributed by atoms with Crippen molar-refractivity contribution in [1.29, 1.82) is 0 Å². The van der Waals surface area contributed by atoms with E-state index in [0.29, 0.717) is 0 Å². The zero-order valence-electron chi connectivity index (χ0n) is 9.22. The van der Waals surface area contributed by atoms with E-state index in [1.165, 1.54) is 0 Å². The van der Waals surface area contributed by atoms with Gasteiger partial charge in [0.2, 0.25) is 0 Å². The Morgan fingerprint density at radius 3 is 0.800 bits per heavy atom. The van der Waals surface area contributed by atoms with Crippen LogP contribution in [0.3, 0.4) is 0 Å². The smallest absolute Gasteiger partial charge is 0.184 e. The van der Waals surface area contributed by atoms with Crippen molar-refractivity contribution in [1.82, 2.24) is 0 Å². The minimum atomic E-state index is 0. The molecule has 0 heterocycles. The maximum Gasteiger partial charge on any atom is 1.00 e. The van der Waals surface area contributed by atoms with Gasteiger partial charge in [-0.1, -0.05) is 0 Å². The zero-order valence-corrected chi connectivity index (χ0v) is 10.6. The first-order chi connectivity index (χ1) is 6.00. The summed E-state index contributed by atoms with van der Waals surface area (Å²) >= 11 is 0. The first-order valence-electron chi connectivity index (χ1n) is 3.82. The summed E-state index contributed by atoms with van der Waals surface area (Å²) in [5.41, 5.74) is 0.